The van der Waals surface area contributed by atoms with E-state index in [-0.39, 0.29) is 22.5 Å². The molecule has 0 aliphatic carbocycles. The summed E-state index contributed by atoms with van der Waals surface area (Å²) in [7, 11) is 1.56. The first kappa shape index (κ1) is 17.7. The number of halogens is 2. The SMILES string of the molecule is COCCC(=O)N1CCC(NC(=O)c2c(F)cccc2Cl)CC1. The molecule has 2 amide bonds. The minimum absolute atomic E-state index is 0.0498. The lowest BCUT2D eigenvalue weighted by Crippen LogP contribution is -2.46. The van der Waals surface area contributed by atoms with Crippen molar-refractivity contribution >= 4 is 23.4 Å². The number of likely N-dealkylation sites (tertiary alicyclic amines) is 1. The third-order valence-electron chi connectivity index (χ3n) is 3.89. The Kier molecular flexibility index (Phi) is 6.36. The molecule has 1 fully saturated rings. The predicted molar refractivity (Wildman–Crippen MR) is 85.0 cm³/mol. The van der Waals surface area contributed by atoms with Crippen LogP contribution in [0.2, 0.25) is 5.02 Å². The number of hydrogen-bond acceptors (Lipinski definition) is 3. The predicted octanol–water partition coefficient (Wildman–Crippen LogP) is 2.24. The lowest BCUT2D eigenvalue weighted by molar-refractivity contribution is -0.133. The second kappa shape index (κ2) is 8.26. The molecule has 126 valence electrons. The summed E-state index contributed by atoms with van der Waals surface area (Å²) in [4.78, 5) is 25.8. The van der Waals surface area contributed by atoms with Crippen molar-refractivity contribution < 1.29 is 18.7 Å². The van der Waals surface area contributed by atoms with Crippen molar-refractivity contribution in [3.8, 4) is 0 Å². The first-order valence-corrected chi connectivity index (χ1v) is 7.92. The Morgan fingerprint density at radius 3 is 2.70 bits per heavy atom. The molecular weight excluding hydrogens is 323 g/mol. The van der Waals surface area contributed by atoms with E-state index in [1.807, 2.05) is 0 Å². The number of amides is 2. The van der Waals surface area contributed by atoms with Gasteiger partial charge in [-0.2, -0.15) is 0 Å². The summed E-state index contributed by atoms with van der Waals surface area (Å²) >= 11 is 5.89. The van der Waals surface area contributed by atoms with Gasteiger partial charge in [0.2, 0.25) is 5.91 Å². The number of piperidine rings is 1. The fourth-order valence-electron chi connectivity index (χ4n) is 2.59. The second-order valence-electron chi connectivity index (χ2n) is 5.47. The van der Waals surface area contributed by atoms with Gasteiger partial charge in [0.15, 0.2) is 0 Å². The van der Waals surface area contributed by atoms with Gasteiger partial charge in [-0.1, -0.05) is 17.7 Å². The highest BCUT2D eigenvalue weighted by molar-refractivity contribution is 6.33. The van der Waals surface area contributed by atoms with Gasteiger partial charge < -0.3 is 15.0 Å². The van der Waals surface area contributed by atoms with Crippen LogP contribution in [0.3, 0.4) is 0 Å². The molecule has 1 aliphatic heterocycles. The fourth-order valence-corrected chi connectivity index (χ4v) is 2.84. The highest BCUT2D eigenvalue weighted by atomic mass is 35.5. The molecule has 1 aliphatic rings. The Morgan fingerprint density at radius 1 is 1.39 bits per heavy atom. The Labute approximate surface area is 139 Å². The molecule has 1 aromatic carbocycles. The van der Waals surface area contributed by atoms with Crippen molar-refractivity contribution in [1.82, 2.24) is 10.2 Å². The molecule has 1 heterocycles. The largest absolute Gasteiger partial charge is 0.384 e. The number of benzene rings is 1. The third-order valence-corrected chi connectivity index (χ3v) is 4.21. The van der Waals surface area contributed by atoms with E-state index >= 15 is 0 Å². The van der Waals surface area contributed by atoms with E-state index in [0.717, 1.165) is 0 Å². The molecule has 0 saturated carbocycles. The van der Waals surface area contributed by atoms with Crippen LogP contribution in [-0.2, 0) is 9.53 Å². The van der Waals surface area contributed by atoms with Gasteiger partial charge in [0, 0.05) is 26.2 Å². The maximum absolute atomic E-state index is 13.7. The van der Waals surface area contributed by atoms with E-state index in [0.29, 0.717) is 39.0 Å². The third kappa shape index (κ3) is 4.65. The van der Waals surface area contributed by atoms with Crippen molar-refractivity contribution in [2.75, 3.05) is 26.8 Å². The molecule has 1 aromatic rings. The lowest BCUT2D eigenvalue weighted by atomic mass is 10.0. The first-order valence-electron chi connectivity index (χ1n) is 7.54. The van der Waals surface area contributed by atoms with Gasteiger partial charge in [-0.3, -0.25) is 9.59 Å². The van der Waals surface area contributed by atoms with Crippen LogP contribution in [0.4, 0.5) is 4.39 Å². The molecule has 0 bridgehead atoms. The molecule has 0 radical (unpaired) electrons. The van der Waals surface area contributed by atoms with Gasteiger partial charge in [-0.25, -0.2) is 4.39 Å². The molecule has 1 saturated heterocycles. The zero-order valence-electron chi connectivity index (χ0n) is 13.0. The van der Waals surface area contributed by atoms with Crippen LogP contribution >= 0.6 is 11.6 Å². The van der Waals surface area contributed by atoms with E-state index in [4.69, 9.17) is 16.3 Å². The Morgan fingerprint density at radius 2 is 2.09 bits per heavy atom. The van der Waals surface area contributed by atoms with E-state index in [1.54, 1.807) is 12.0 Å². The number of rotatable bonds is 5. The van der Waals surface area contributed by atoms with Crippen molar-refractivity contribution in [2.45, 2.75) is 25.3 Å². The number of carbonyl (C=O) groups excluding carboxylic acids is 2. The molecule has 0 unspecified atom stereocenters. The lowest BCUT2D eigenvalue weighted by Gasteiger charge is -2.32. The van der Waals surface area contributed by atoms with Crippen LogP contribution in [0.25, 0.3) is 0 Å². The average Bonchev–Trinajstić information content (AvgIpc) is 2.53. The summed E-state index contributed by atoms with van der Waals surface area (Å²) in [5.41, 5.74) is -0.132. The Hall–Kier alpha value is -1.66. The van der Waals surface area contributed by atoms with Gasteiger partial charge >= 0.3 is 0 Å². The summed E-state index contributed by atoms with van der Waals surface area (Å²) in [5, 5.41) is 2.89. The molecule has 7 heteroatoms. The first-order chi connectivity index (χ1) is 11.0. The fraction of sp³-hybridized carbons (Fsp3) is 0.500. The summed E-state index contributed by atoms with van der Waals surface area (Å²) in [6.45, 7) is 1.54. The highest BCUT2D eigenvalue weighted by Gasteiger charge is 2.25. The van der Waals surface area contributed by atoms with Crippen molar-refractivity contribution in [2.24, 2.45) is 0 Å². The Bertz CT molecular complexity index is 554. The van der Waals surface area contributed by atoms with Crippen LogP contribution in [0.5, 0.6) is 0 Å². The number of ether oxygens (including phenoxy) is 1. The molecular formula is C16H20ClFN2O3. The number of nitrogens with one attached hydrogen (secondary N) is 1. The van der Waals surface area contributed by atoms with Gasteiger partial charge in [0.05, 0.1) is 23.6 Å². The molecule has 1 N–H and O–H groups in total. The van der Waals surface area contributed by atoms with Gasteiger partial charge in [0.1, 0.15) is 5.82 Å². The topological polar surface area (TPSA) is 58.6 Å². The van der Waals surface area contributed by atoms with Crippen LogP contribution in [-0.4, -0.2) is 49.6 Å². The van der Waals surface area contributed by atoms with Crippen molar-refractivity contribution in [1.29, 1.82) is 0 Å². The van der Waals surface area contributed by atoms with E-state index in [1.165, 1.54) is 18.2 Å². The van der Waals surface area contributed by atoms with Crippen molar-refractivity contribution in [3.05, 3.63) is 34.6 Å². The summed E-state index contributed by atoms with van der Waals surface area (Å²) in [6.07, 6.45) is 1.63. The molecule has 0 atom stereocenters. The summed E-state index contributed by atoms with van der Waals surface area (Å²) in [5.74, 6) is -1.10. The zero-order valence-corrected chi connectivity index (χ0v) is 13.7. The van der Waals surface area contributed by atoms with E-state index < -0.39 is 11.7 Å². The number of methoxy groups -OCH3 is 1. The molecule has 2 rings (SSSR count). The van der Waals surface area contributed by atoms with E-state index in [9.17, 15) is 14.0 Å². The normalized spacial score (nSPS) is 15.5. The average molecular weight is 343 g/mol. The van der Waals surface area contributed by atoms with Crippen LogP contribution < -0.4 is 5.32 Å². The van der Waals surface area contributed by atoms with Gasteiger partial charge in [0.25, 0.3) is 5.91 Å². The number of carbonyl (C=O) groups is 2. The van der Waals surface area contributed by atoms with Crippen LogP contribution in [0, 0.1) is 5.82 Å². The van der Waals surface area contributed by atoms with Crippen LogP contribution in [0.15, 0.2) is 18.2 Å². The number of hydrogen-bond donors (Lipinski definition) is 1. The highest BCUT2D eigenvalue weighted by Crippen LogP contribution is 2.20. The Balaban J connectivity index is 1.87. The summed E-state index contributed by atoms with van der Waals surface area (Å²) in [6, 6.07) is 4.05. The minimum Gasteiger partial charge on any atom is -0.384 e. The maximum Gasteiger partial charge on any atom is 0.255 e. The smallest absolute Gasteiger partial charge is 0.255 e. The monoisotopic (exact) mass is 342 g/mol. The number of nitrogens with zero attached hydrogens (tertiary/aromatic N) is 1. The minimum atomic E-state index is -0.637. The quantitative estimate of drug-likeness (QED) is 0.892. The second-order valence-corrected chi connectivity index (χ2v) is 5.88. The zero-order chi connectivity index (χ0) is 16.8. The van der Waals surface area contributed by atoms with Gasteiger partial charge in [-0.05, 0) is 25.0 Å². The molecule has 5 nitrogen and oxygen atoms in total. The van der Waals surface area contributed by atoms with E-state index in [2.05, 4.69) is 5.32 Å². The molecule has 0 aromatic heterocycles. The standard InChI is InChI=1S/C16H20ClFN2O3/c1-23-10-7-14(21)20-8-5-11(6-9-20)19-16(22)15-12(17)3-2-4-13(15)18/h2-4,11H,5-10H2,1H3,(H,19,22). The summed E-state index contributed by atoms with van der Waals surface area (Å²) < 4.78 is 18.6. The van der Waals surface area contributed by atoms with Gasteiger partial charge in [-0.15, -0.1) is 0 Å². The molecule has 0 spiro atoms. The maximum atomic E-state index is 13.7. The molecule has 23 heavy (non-hydrogen) atoms. The van der Waals surface area contributed by atoms with Crippen molar-refractivity contribution in [3.63, 3.8) is 0 Å². The van der Waals surface area contributed by atoms with Crippen LogP contribution in [0.1, 0.15) is 29.6 Å².